The lowest BCUT2D eigenvalue weighted by atomic mass is 10.0. The molecule has 1 aromatic rings. The van der Waals surface area contributed by atoms with Gasteiger partial charge in [0.1, 0.15) is 11.8 Å². The summed E-state index contributed by atoms with van der Waals surface area (Å²) < 4.78 is 5.43. The minimum Gasteiger partial charge on any atom is -0.493 e. The first kappa shape index (κ1) is 16.0. The monoisotopic (exact) mass is 279 g/mol. The smallest absolute Gasteiger partial charge is 0.326 e. The number of amides is 1. The molecule has 5 heteroatoms. The van der Waals surface area contributed by atoms with E-state index in [0.717, 1.165) is 5.56 Å². The molecule has 0 saturated carbocycles. The van der Waals surface area contributed by atoms with E-state index in [2.05, 4.69) is 5.32 Å². The van der Waals surface area contributed by atoms with E-state index < -0.39 is 12.0 Å². The number of carbonyl (C=O) groups excluding carboxylic acids is 1. The van der Waals surface area contributed by atoms with E-state index in [1.165, 1.54) is 0 Å². The number of benzene rings is 1. The number of carbonyl (C=O) groups is 2. The third-order valence-corrected chi connectivity index (χ3v) is 2.87. The van der Waals surface area contributed by atoms with Crippen LogP contribution in [-0.2, 0) is 9.59 Å². The minimum absolute atomic E-state index is 0.129. The molecular formula is C15H21NO4. The summed E-state index contributed by atoms with van der Waals surface area (Å²) >= 11 is 0. The van der Waals surface area contributed by atoms with Crippen LogP contribution in [0.3, 0.4) is 0 Å². The van der Waals surface area contributed by atoms with Crippen LogP contribution >= 0.6 is 0 Å². The first-order valence-electron chi connectivity index (χ1n) is 6.61. The van der Waals surface area contributed by atoms with Crippen molar-refractivity contribution in [2.45, 2.75) is 33.2 Å². The highest BCUT2D eigenvalue weighted by Gasteiger charge is 2.23. The molecule has 0 aromatic heterocycles. The van der Waals surface area contributed by atoms with Crippen molar-refractivity contribution in [1.29, 1.82) is 0 Å². The summed E-state index contributed by atoms with van der Waals surface area (Å²) in [5.74, 6) is -0.803. The Bertz CT molecular complexity index is 453. The normalized spacial score (nSPS) is 12.0. The van der Waals surface area contributed by atoms with Gasteiger partial charge in [-0.05, 0) is 25.0 Å². The van der Waals surface area contributed by atoms with Gasteiger partial charge in [0.15, 0.2) is 0 Å². The van der Waals surface area contributed by atoms with Crippen molar-refractivity contribution in [3.8, 4) is 5.75 Å². The first-order chi connectivity index (χ1) is 9.40. The highest BCUT2D eigenvalue weighted by molar-refractivity contribution is 5.83. The molecule has 1 rings (SSSR count). The fraction of sp³-hybridized carbons (Fsp3) is 0.467. The zero-order valence-corrected chi connectivity index (χ0v) is 12.1. The molecule has 2 N–H and O–H groups in total. The molecule has 0 saturated heterocycles. The molecular weight excluding hydrogens is 258 g/mol. The largest absolute Gasteiger partial charge is 0.493 e. The standard InChI is InChI=1S/C15H21NO4/c1-10(2)14(15(18)19)16-13(17)8-9-20-12-6-4-11(3)5-7-12/h4-7,10,14H,8-9H2,1-3H3,(H,16,17)(H,18,19). The maximum absolute atomic E-state index is 11.7. The van der Waals surface area contributed by atoms with Crippen molar-refractivity contribution >= 4 is 11.9 Å². The van der Waals surface area contributed by atoms with Crippen molar-refractivity contribution in [2.75, 3.05) is 6.61 Å². The summed E-state index contributed by atoms with van der Waals surface area (Å²) in [6.07, 6.45) is 0.129. The number of hydrogen-bond acceptors (Lipinski definition) is 3. The van der Waals surface area contributed by atoms with E-state index >= 15 is 0 Å². The maximum atomic E-state index is 11.7. The molecule has 5 nitrogen and oxygen atoms in total. The van der Waals surface area contributed by atoms with Crippen LogP contribution in [0.4, 0.5) is 0 Å². The average Bonchev–Trinajstić information content (AvgIpc) is 2.37. The van der Waals surface area contributed by atoms with Gasteiger partial charge in [0.05, 0.1) is 13.0 Å². The second-order valence-corrected chi connectivity index (χ2v) is 5.04. The number of aliphatic carboxylic acids is 1. The Morgan fingerprint density at radius 3 is 2.35 bits per heavy atom. The summed E-state index contributed by atoms with van der Waals surface area (Å²) in [5.41, 5.74) is 1.14. The Kier molecular flexibility index (Phi) is 6.03. The lowest BCUT2D eigenvalue weighted by Gasteiger charge is -2.17. The van der Waals surface area contributed by atoms with Crippen LogP contribution in [0.1, 0.15) is 25.8 Å². The van der Waals surface area contributed by atoms with Crippen molar-refractivity contribution in [3.05, 3.63) is 29.8 Å². The number of aryl methyl sites for hydroxylation is 1. The Morgan fingerprint density at radius 1 is 1.25 bits per heavy atom. The summed E-state index contributed by atoms with van der Waals surface area (Å²) in [4.78, 5) is 22.6. The topological polar surface area (TPSA) is 75.6 Å². The third-order valence-electron chi connectivity index (χ3n) is 2.87. The summed E-state index contributed by atoms with van der Waals surface area (Å²) in [6.45, 7) is 5.71. The first-order valence-corrected chi connectivity index (χ1v) is 6.61. The highest BCUT2D eigenvalue weighted by Crippen LogP contribution is 2.11. The van der Waals surface area contributed by atoms with Gasteiger partial charge in [-0.15, -0.1) is 0 Å². The molecule has 0 aliphatic rings. The number of rotatable bonds is 7. The van der Waals surface area contributed by atoms with Gasteiger partial charge in [-0.25, -0.2) is 4.79 Å². The van der Waals surface area contributed by atoms with E-state index in [4.69, 9.17) is 9.84 Å². The van der Waals surface area contributed by atoms with Gasteiger partial charge in [-0.3, -0.25) is 4.79 Å². The summed E-state index contributed by atoms with van der Waals surface area (Å²) in [6, 6.07) is 6.66. The molecule has 0 heterocycles. The molecule has 0 aliphatic heterocycles. The Hall–Kier alpha value is -2.04. The molecule has 110 valence electrons. The lowest BCUT2D eigenvalue weighted by molar-refractivity contribution is -0.143. The number of ether oxygens (including phenoxy) is 1. The molecule has 0 spiro atoms. The van der Waals surface area contributed by atoms with Crippen LogP contribution < -0.4 is 10.1 Å². The molecule has 1 amide bonds. The fourth-order valence-electron chi connectivity index (χ4n) is 1.66. The molecule has 1 atom stereocenters. The molecule has 0 aliphatic carbocycles. The Morgan fingerprint density at radius 2 is 1.85 bits per heavy atom. The van der Waals surface area contributed by atoms with Gasteiger partial charge in [0.25, 0.3) is 0 Å². The van der Waals surface area contributed by atoms with Crippen LogP contribution in [0.5, 0.6) is 5.75 Å². The van der Waals surface area contributed by atoms with E-state index in [-0.39, 0.29) is 24.9 Å². The van der Waals surface area contributed by atoms with Crippen LogP contribution in [0.2, 0.25) is 0 Å². The molecule has 1 unspecified atom stereocenters. The minimum atomic E-state index is -1.02. The van der Waals surface area contributed by atoms with Crippen molar-refractivity contribution in [2.24, 2.45) is 5.92 Å². The molecule has 1 aromatic carbocycles. The van der Waals surface area contributed by atoms with Gasteiger partial charge >= 0.3 is 5.97 Å². The second kappa shape index (κ2) is 7.53. The number of nitrogens with one attached hydrogen (secondary N) is 1. The van der Waals surface area contributed by atoms with E-state index in [1.54, 1.807) is 13.8 Å². The Balaban J connectivity index is 2.36. The lowest BCUT2D eigenvalue weighted by Crippen LogP contribution is -2.44. The van der Waals surface area contributed by atoms with Crippen molar-refractivity contribution < 1.29 is 19.4 Å². The SMILES string of the molecule is Cc1ccc(OCCC(=O)NC(C(=O)O)C(C)C)cc1. The average molecular weight is 279 g/mol. The predicted octanol–water partition coefficient (Wildman–Crippen LogP) is 1.99. The quantitative estimate of drug-likeness (QED) is 0.800. The van der Waals surface area contributed by atoms with Gasteiger partial charge in [0, 0.05) is 0 Å². The summed E-state index contributed by atoms with van der Waals surface area (Å²) in [7, 11) is 0. The molecule has 0 radical (unpaired) electrons. The Labute approximate surface area is 118 Å². The van der Waals surface area contributed by atoms with Gasteiger partial charge in [-0.1, -0.05) is 31.5 Å². The van der Waals surface area contributed by atoms with Gasteiger partial charge < -0.3 is 15.2 Å². The predicted molar refractivity (Wildman–Crippen MR) is 75.7 cm³/mol. The van der Waals surface area contributed by atoms with E-state index in [1.807, 2.05) is 31.2 Å². The second-order valence-electron chi connectivity index (χ2n) is 5.04. The number of carboxylic acid groups (broad SMARTS) is 1. The van der Waals surface area contributed by atoms with Gasteiger partial charge in [-0.2, -0.15) is 0 Å². The van der Waals surface area contributed by atoms with Crippen LogP contribution in [0.15, 0.2) is 24.3 Å². The highest BCUT2D eigenvalue weighted by atomic mass is 16.5. The molecule has 0 fully saturated rings. The molecule has 0 bridgehead atoms. The number of hydrogen-bond donors (Lipinski definition) is 2. The summed E-state index contributed by atoms with van der Waals surface area (Å²) in [5, 5.41) is 11.5. The maximum Gasteiger partial charge on any atom is 0.326 e. The van der Waals surface area contributed by atoms with Crippen molar-refractivity contribution in [1.82, 2.24) is 5.32 Å². The van der Waals surface area contributed by atoms with Crippen LogP contribution in [0.25, 0.3) is 0 Å². The third kappa shape index (κ3) is 5.30. The van der Waals surface area contributed by atoms with E-state index in [0.29, 0.717) is 5.75 Å². The zero-order valence-electron chi connectivity index (χ0n) is 12.1. The zero-order chi connectivity index (χ0) is 15.1. The van der Waals surface area contributed by atoms with E-state index in [9.17, 15) is 9.59 Å². The fourth-order valence-corrected chi connectivity index (χ4v) is 1.66. The number of carboxylic acids is 1. The van der Waals surface area contributed by atoms with Gasteiger partial charge in [0.2, 0.25) is 5.91 Å². The molecule has 20 heavy (non-hydrogen) atoms. The van der Waals surface area contributed by atoms with Crippen LogP contribution in [0, 0.1) is 12.8 Å². The van der Waals surface area contributed by atoms with Crippen LogP contribution in [-0.4, -0.2) is 29.6 Å². The van der Waals surface area contributed by atoms with Crippen molar-refractivity contribution in [3.63, 3.8) is 0 Å².